The van der Waals surface area contributed by atoms with E-state index in [4.69, 9.17) is 0 Å². The Kier molecular flexibility index (Phi) is 3.69. The van der Waals surface area contributed by atoms with Gasteiger partial charge in [-0.05, 0) is 43.9 Å². The highest BCUT2D eigenvalue weighted by Crippen LogP contribution is 2.49. The van der Waals surface area contributed by atoms with E-state index in [1.807, 2.05) is 0 Å². The predicted octanol–water partition coefficient (Wildman–Crippen LogP) is 1.06. The Morgan fingerprint density at radius 1 is 1.29 bits per heavy atom. The molecule has 2 fully saturated rings. The zero-order valence-electron chi connectivity index (χ0n) is 10.7. The lowest BCUT2D eigenvalue weighted by Gasteiger charge is -2.21. The van der Waals surface area contributed by atoms with Gasteiger partial charge in [-0.25, -0.2) is 0 Å². The second-order valence-electron chi connectivity index (χ2n) is 5.54. The third-order valence-corrected chi connectivity index (χ3v) is 4.35. The molecule has 0 spiro atoms. The van der Waals surface area contributed by atoms with E-state index in [0.717, 1.165) is 11.8 Å². The number of carbonyl (C=O) groups excluding carboxylic acids is 2. The fourth-order valence-electron chi connectivity index (χ4n) is 3.45. The highest BCUT2D eigenvalue weighted by Gasteiger charge is 2.40. The van der Waals surface area contributed by atoms with Crippen molar-refractivity contribution in [3.8, 4) is 0 Å². The van der Waals surface area contributed by atoms with Crippen LogP contribution >= 0.6 is 0 Å². The molecule has 2 saturated carbocycles. The third-order valence-electron chi connectivity index (χ3n) is 4.35. The maximum absolute atomic E-state index is 11.8. The van der Waals surface area contributed by atoms with Crippen molar-refractivity contribution in [3.63, 3.8) is 0 Å². The minimum absolute atomic E-state index is 0.0265. The molecule has 0 aromatic rings. The summed E-state index contributed by atoms with van der Waals surface area (Å²) in [5.74, 6) is 2.09. The predicted molar refractivity (Wildman–Crippen MR) is 65.2 cm³/mol. The van der Waals surface area contributed by atoms with Crippen molar-refractivity contribution in [3.05, 3.63) is 0 Å². The standard InChI is InChI=1S/C13H22N2O2/c1-8(13(17)14-2)15-12(16)7-11-6-9-3-4-10(11)5-9/h8-11H,3-7H2,1-2H3,(H,14,17)(H,15,16)/t8-,9?,10?,11?/m0/s1. The van der Waals surface area contributed by atoms with Crippen LogP contribution in [-0.4, -0.2) is 24.9 Å². The third kappa shape index (κ3) is 2.79. The van der Waals surface area contributed by atoms with Crippen LogP contribution in [0.15, 0.2) is 0 Å². The van der Waals surface area contributed by atoms with E-state index in [1.54, 1.807) is 14.0 Å². The molecule has 0 radical (unpaired) electrons. The van der Waals surface area contributed by atoms with Crippen molar-refractivity contribution in [2.75, 3.05) is 7.05 Å². The molecular formula is C13H22N2O2. The minimum Gasteiger partial charge on any atom is -0.357 e. The summed E-state index contributed by atoms with van der Waals surface area (Å²) in [5, 5.41) is 5.30. The second-order valence-corrected chi connectivity index (χ2v) is 5.54. The van der Waals surface area contributed by atoms with Crippen LogP contribution in [0.3, 0.4) is 0 Å². The van der Waals surface area contributed by atoms with Gasteiger partial charge in [0.2, 0.25) is 11.8 Å². The van der Waals surface area contributed by atoms with Gasteiger partial charge in [0.1, 0.15) is 6.04 Å². The summed E-state index contributed by atoms with van der Waals surface area (Å²) >= 11 is 0. The number of hydrogen-bond acceptors (Lipinski definition) is 2. The maximum atomic E-state index is 11.8. The molecule has 2 rings (SSSR count). The molecule has 4 heteroatoms. The number of rotatable bonds is 4. The average molecular weight is 238 g/mol. The normalized spacial score (nSPS) is 32.2. The molecule has 2 bridgehead atoms. The van der Waals surface area contributed by atoms with Crippen LogP contribution in [0.1, 0.15) is 39.0 Å². The van der Waals surface area contributed by atoms with Gasteiger partial charge in [0.15, 0.2) is 0 Å². The van der Waals surface area contributed by atoms with Gasteiger partial charge in [0, 0.05) is 13.5 Å². The van der Waals surface area contributed by atoms with Gasteiger partial charge >= 0.3 is 0 Å². The molecule has 2 amide bonds. The number of hydrogen-bond donors (Lipinski definition) is 2. The first-order valence-electron chi connectivity index (χ1n) is 6.61. The van der Waals surface area contributed by atoms with Crippen LogP contribution in [0.25, 0.3) is 0 Å². The Morgan fingerprint density at radius 3 is 2.59 bits per heavy atom. The van der Waals surface area contributed by atoms with E-state index in [1.165, 1.54) is 25.7 Å². The van der Waals surface area contributed by atoms with E-state index in [2.05, 4.69) is 10.6 Å². The average Bonchev–Trinajstić information content (AvgIpc) is 2.89. The molecule has 0 aromatic carbocycles. The Bertz CT molecular complexity index is 317. The van der Waals surface area contributed by atoms with Crippen molar-refractivity contribution >= 4 is 11.8 Å². The van der Waals surface area contributed by atoms with Crippen molar-refractivity contribution in [2.24, 2.45) is 17.8 Å². The SMILES string of the molecule is CNC(=O)[C@H](C)NC(=O)CC1CC2CCC1C2. The molecule has 96 valence electrons. The quantitative estimate of drug-likeness (QED) is 0.769. The van der Waals surface area contributed by atoms with E-state index < -0.39 is 6.04 Å². The van der Waals surface area contributed by atoms with Crippen molar-refractivity contribution < 1.29 is 9.59 Å². The summed E-state index contributed by atoms with van der Waals surface area (Å²) in [5.41, 5.74) is 0. The Labute approximate surface area is 103 Å². The fraction of sp³-hybridized carbons (Fsp3) is 0.846. The molecular weight excluding hydrogens is 216 g/mol. The summed E-state index contributed by atoms with van der Waals surface area (Å²) in [7, 11) is 1.58. The van der Waals surface area contributed by atoms with Gasteiger partial charge in [-0.1, -0.05) is 6.42 Å². The summed E-state index contributed by atoms with van der Waals surface area (Å²) in [4.78, 5) is 23.1. The number of carbonyl (C=O) groups is 2. The van der Waals surface area contributed by atoms with Crippen LogP contribution in [0.2, 0.25) is 0 Å². The van der Waals surface area contributed by atoms with Crippen LogP contribution in [0.5, 0.6) is 0 Å². The molecule has 0 saturated heterocycles. The first-order valence-corrected chi connectivity index (χ1v) is 6.61. The minimum atomic E-state index is -0.425. The largest absolute Gasteiger partial charge is 0.357 e. The van der Waals surface area contributed by atoms with Gasteiger partial charge in [0.25, 0.3) is 0 Å². The smallest absolute Gasteiger partial charge is 0.242 e. The summed E-state index contributed by atoms with van der Waals surface area (Å²) in [6.45, 7) is 1.72. The maximum Gasteiger partial charge on any atom is 0.242 e. The summed E-state index contributed by atoms with van der Waals surface area (Å²) in [6.07, 6.45) is 5.79. The van der Waals surface area contributed by atoms with Crippen LogP contribution in [-0.2, 0) is 9.59 Å². The lowest BCUT2D eigenvalue weighted by atomic mass is 9.86. The lowest BCUT2D eigenvalue weighted by molar-refractivity contribution is -0.129. The highest BCUT2D eigenvalue weighted by molar-refractivity contribution is 5.87. The molecule has 4 atom stereocenters. The molecule has 2 aliphatic carbocycles. The molecule has 4 nitrogen and oxygen atoms in total. The molecule has 0 heterocycles. The number of likely N-dealkylation sites (N-methyl/N-ethyl adjacent to an activating group) is 1. The Morgan fingerprint density at radius 2 is 2.06 bits per heavy atom. The lowest BCUT2D eigenvalue weighted by Crippen LogP contribution is -2.44. The highest BCUT2D eigenvalue weighted by atomic mass is 16.2. The van der Waals surface area contributed by atoms with Crippen LogP contribution < -0.4 is 10.6 Å². The van der Waals surface area contributed by atoms with Crippen LogP contribution in [0.4, 0.5) is 0 Å². The van der Waals surface area contributed by atoms with E-state index in [0.29, 0.717) is 12.3 Å². The summed E-state index contributed by atoms with van der Waals surface area (Å²) in [6, 6.07) is -0.425. The van der Waals surface area contributed by atoms with E-state index >= 15 is 0 Å². The second kappa shape index (κ2) is 5.07. The van der Waals surface area contributed by atoms with Crippen molar-refractivity contribution in [1.82, 2.24) is 10.6 Å². The molecule has 3 unspecified atom stereocenters. The fourth-order valence-corrected chi connectivity index (χ4v) is 3.45. The van der Waals surface area contributed by atoms with Crippen LogP contribution in [0, 0.1) is 17.8 Å². The van der Waals surface area contributed by atoms with E-state index in [-0.39, 0.29) is 11.8 Å². The number of fused-ring (bicyclic) bond motifs is 2. The zero-order valence-corrected chi connectivity index (χ0v) is 10.7. The molecule has 0 aromatic heterocycles. The van der Waals surface area contributed by atoms with Gasteiger partial charge in [-0.15, -0.1) is 0 Å². The van der Waals surface area contributed by atoms with Crippen molar-refractivity contribution in [2.45, 2.75) is 45.1 Å². The molecule has 2 aliphatic rings. The number of amides is 2. The first-order chi connectivity index (χ1) is 8.10. The molecule has 0 aliphatic heterocycles. The molecule has 17 heavy (non-hydrogen) atoms. The molecule has 2 N–H and O–H groups in total. The number of nitrogens with one attached hydrogen (secondary N) is 2. The zero-order chi connectivity index (χ0) is 12.4. The van der Waals surface area contributed by atoms with Gasteiger partial charge in [-0.3, -0.25) is 9.59 Å². The van der Waals surface area contributed by atoms with Gasteiger partial charge in [0.05, 0.1) is 0 Å². The monoisotopic (exact) mass is 238 g/mol. The Balaban J connectivity index is 1.76. The van der Waals surface area contributed by atoms with Crippen molar-refractivity contribution in [1.29, 1.82) is 0 Å². The van der Waals surface area contributed by atoms with Gasteiger partial charge in [-0.2, -0.15) is 0 Å². The topological polar surface area (TPSA) is 58.2 Å². The van der Waals surface area contributed by atoms with Gasteiger partial charge < -0.3 is 10.6 Å². The first kappa shape index (κ1) is 12.4. The van der Waals surface area contributed by atoms with E-state index in [9.17, 15) is 9.59 Å². The Hall–Kier alpha value is -1.06. The summed E-state index contributed by atoms with van der Waals surface area (Å²) < 4.78 is 0.